The van der Waals surface area contributed by atoms with Crippen molar-refractivity contribution in [1.29, 1.82) is 0 Å². The van der Waals surface area contributed by atoms with E-state index >= 15 is 0 Å². The van der Waals surface area contributed by atoms with E-state index in [2.05, 4.69) is 31.3 Å². The van der Waals surface area contributed by atoms with Crippen LogP contribution in [0.15, 0.2) is 48.5 Å². The summed E-state index contributed by atoms with van der Waals surface area (Å²) in [5.41, 5.74) is 2.36. The van der Waals surface area contributed by atoms with Gasteiger partial charge >= 0.3 is 0 Å². The Morgan fingerprint density at radius 2 is 1.32 bits per heavy atom. The fourth-order valence-electron chi connectivity index (χ4n) is 2.67. The second kappa shape index (κ2) is 7.95. The van der Waals surface area contributed by atoms with E-state index in [4.69, 9.17) is 4.74 Å². The molecule has 0 bridgehead atoms. The van der Waals surface area contributed by atoms with Gasteiger partial charge in [-0.05, 0) is 48.2 Å². The average Bonchev–Trinajstić information content (AvgIpc) is 2.57. The zero-order valence-electron chi connectivity index (χ0n) is 13.5. The van der Waals surface area contributed by atoms with E-state index in [0.717, 1.165) is 24.2 Å². The normalized spacial score (nSPS) is 13.6. The molecule has 0 amide bonds. The first-order valence-corrected chi connectivity index (χ1v) is 7.83. The minimum Gasteiger partial charge on any atom is -0.497 e. The molecule has 22 heavy (non-hydrogen) atoms. The van der Waals surface area contributed by atoms with Gasteiger partial charge in [0.2, 0.25) is 0 Å². The third-order valence-corrected chi connectivity index (χ3v) is 4.01. The lowest BCUT2D eigenvalue weighted by molar-refractivity contribution is 0.411. The summed E-state index contributed by atoms with van der Waals surface area (Å²) in [7, 11) is 1.67. The highest BCUT2D eigenvalue weighted by Crippen LogP contribution is 2.25. The molecule has 0 aliphatic carbocycles. The zero-order valence-corrected chi connectivity index (χ0v) is 13.5. The van der Waals surface area contributed by atoms with Crippen LogP contribution in [-0.2, 0) is 0 Å². The summed E-state index contributed by atoms with van der Waals surface area (Å²) in [5, 5.41) is 3.68. The van der Waals surface area contributed by atoms with E-state index in [0.29, 0.717) is 0 Å². The Labute approximate surface area is 132 Å². The third kappa shape index (κ3) is 4.08. The van der Waals surface area contributed by atoms with Crippen molar-refractivity contribution in [2.75, 3.05) is 7.11 Å². The Hall–Kier alpha value is -1.87. The van der Waals surface area contributed by atoms with E-state index in [1.54, 1.807) is 7.11 Å². The lowest BCUT2D eigenvalue weighted by atomic mass is 9.99. The molecule has 2 rings (SSSR count). The molecule has 0 radical (unpaired) electrons. The van der Waals surface area contributed by atoms with Gasteiger partial charge in [0.15, 0.2) is 0 Å². The first-order chi connectivity index (χ1) is 10.7. The molecule has 0 aliphatic heterocycles. The second-order valence-corrected chi connectivity index (χ2v) is 5.41. The van der Waals surface area contributed by atoms with Crippen LogP contribution < -0.4 is 10.1 Å². The summed E-state index contributed by atoms with van der Waals surface area (Å²) in [6, 6.07) is 15.4. The van der Waals surface area contributed by atoms with Gasteiger partial charge in [-0.15, -0.1) is 0 Å². The number of nitrogens with one attached hydrogen (secondary N) is 1. The molecule has 118 valence electrons. The molecule has 0 saturated carbocycles. The standard InChI is InChI=1S/C19H24FNO/c1-4-18(14-6-10-16(20)11-7-14)21-19(5-2)15-8-12-17(22-3)13-9-15/h6-13,18-19,21H,4-5H2,1-3H3. The van der Waals surface area contributed by atoms with Gasteiger partial charge in [-0.3, -0.25) is 0 Å². The van der Waals surface area contributed by atoms with Crippen molar-refractivity contribution in [3.8, 4) is 5.75 Å². The lowest BCUT2D eigenvalue weighted by Crippen LogP contribution is -2.25. The van der Waals surface area contributed by atoms with Gasteiger partial charge in [0.25, 0.3) is 0 Å². The predicted octanol–water partition coefficient (Wildman–Crippen LogP) is 5.03. The molecule has 2 atom stereocenters. The smallest absolute Gasteiger partial charge is 0.123 e. The summed E-state index contributed by atoms with van der Waals surface area (Å²) < 4.78 is 18.3. The van der Waals surface area contributed by atoms with Gasteiger partial charge in [-0.2, -0.15) is 0 Å². The van der Waals surface area contributed by atoms with Crippen molar-refractivity contribution >= 4 is 0 Å². The molecule has 0 aliphatic rings. The van der Waals surface area contributed by atoms with Gasteiger partial charge < -0.3 is 10.1 Å². The number of hydrogen-bond acceptors (Lipinski definition) is 2. The Bertz CT molecular complexity index is 565. The molecule has 1 N–H and O–H groups in total. The molecular formula is C19H24FNO. The van der Waals surface area contributed by atoms with Gasteiger partial charge in [0, 0.05) is 12.1 Å². The van der Waals surface area contributed by atoms with Crippen molar-refractivity contribution in [3.05, 3.63) is 65.5 Å². The number of rotatable bonds is 7. The van der Waals surface area contributed by atoms with Gasteiger partial charge in [-0.25, -0.2) is 4.39 Å². The monoisotopic (exact) mass is 301 g/mol. The number of hydrogen-bond donors (Lipinski definition) is 1. The van der Waals surface area contributed by atoms with Gasteiger partial charge in [0.05, 0.1) is 7.11 Å². The summed E-state index contributed by atoms with van der Waals surface area (Å²) in [5.74, 6) is 0.671. The zero-order chi connectivity index (χ0) is 15.9. The molecule has 0 saturated heterocycles. The van der Waals surface area contributed by atoms with E-state index < -0.39 is 0 Å². The number of methoxy groups -OCH3 is 1. The summed E-state index contributed by atoms with van der Waals surface area (Å²) >= 11 is 0. The van der Waals surface area contributed by atoms with Crippen LogP contribution in [0.1, 0.15) is 49.9 Å². The van der Waals surface area contributed by atoms with Gasteiger partial charge in [0.1, 0.15) is 11.6 Å². The third-order valence-electron chi connectivity index (χ3n) is 4.01. The highest BCUT2D eigenvalue weighted by atomic mass is 19.1. The SMILES string of the molecule is CCC(NC(CC)c1ccc(OC)cc1)c1ccc(F)cc1. The first kappa shape index (κ1) is 16.5. The molecule has 0 aromatic heterocycles. The second-order valence-electron chi connectivity index (χ2n) is 5.41. The molecule has 3 heteroatoms. The van der Waals surface area contributed by atoms with E-state index in [1.807, 2.05) is 24.3 Å². The minimum absolute atomic E-state index is 0.194. The Kier molecular flexibility index (Phi) is 5.96. The maximum Gasteiger partial charge on any atom is 0.123 e. The molecule has 2 unspecified atom stereocenters. The van der Waals surface area contributed by atoms with Crippen LogP contribution in [0.25, 0.3) is 0 Å². The molecule has 0 fully saturated rings. The van der Waals surface area contributed by atoms with Crippen molar-refractivity contribution in [1.82, 2.24) is 5.32 Å². The van der Waals surface area contributed by atoms with Gasteiger partial charge in [-0.1, -0.05) is 38.1 Å². The van der Waals surface area contributed by atoms with Crippen LogP contribution in [0.4, 0.5) is 4.39 Å². The first-order valence-electron chi connectivity index (χ1n) is 7.83. The molecular weight excluding hydrogens is 277 g/mol. The molecule has 2 aromatic carbocycles. The quantitative estimate of drug-likeness (QED) is 0.774. The van der Waals surface area contributed by atoms with Crippen LogP contribution in [0, 0.1) is 5.82 Å². The van der Waals surface area contributed by atoms with Crippen molar-refractivity contribution < 1.29 is 9.13 Å². The number of halogens is 1. The fourth-order valence-corrected chi connectivity index (χ4v) is 2.67. The summed E-state index contributed by atoms with van der Waals surface area (Å²) in [6.45, 7) is 4.31. The van der Waals surface area contributed by atoms with Crippen LogP contribution in [0.5, 0.6) is 5.75 Å². The summed E-state index contributed by atoms with van der Waals surface area (Å²) in [4.78, 5) is 0. The molecule has 0 spiro atoms. The highest BCUT2D eigenvalue weighted by Gasteiger charge is 2.16. The van der Waals surface area contributed by atoms with E-state index in [9.17, 15) is 4.39 Å². The van der Waals surface area contributed by atoms with Crippen molar-refractivity contribution in [3.63, 3.8) is 0 Å². The maximum absolute atomic E-state index is 13.1. The average molecular weight is 301 g/mol. The molecule has 2 aromatic rings. The van der Waals surface area contributed by atoms with Crippen molar-refractivity contribution in [2.24, 2.45) is 0 Å². The van der Waals surface area contributed by atoms with Crippen LogP contribution in [0.3, 0.4) is 0 Å². The van der Waals surface area contributed by atoms with Crippen LogP contribution in [-0.4, -0.2) is 7.11 Å². The van der Waals surface area contributed by atoms with E-state index in [-0.39, 0.29) is 17.9 Å². The Morgan fingerprint density at radius 3 is 1.73 bits per heavy atom. The fraction of sp³-hybridized carbons (Fsp3) is 0.368. The Morgan fingerprint density at radius 1 is 0.864 bits per heavy atom. The predicted molar refractivity (Wildman–Crippen MR) is 88.6 cm³/mol. The Balaban J connectivity index is 2.14. The number of benzene rings is 2. The number of ether oxygens (including phenoxy) is 1. The van der Waals surface area contributed by atoms with E-state index in [1.165, 1.54) is 17.7 Å². The lowest BCUT2D eigenvalue weighted by Gasteiger charge is -2.25. The van der Waals surface area contributed by atoms with Crippen LogP contribution >= 0.6 is 0 Å². The topological polar surface area (TPSA) is 21.3 Å². The molecule has 0 heterocycles. The molecule has 2 nitrogen and oxygen atoms in total. The van der Waals surface area contributed by atoms with Crippen LogP contribution in [0.2, 0.25) is 0 Å². The minimum atomic E-state index is -0.194. The maximum atomic E-state index is 13.1. The largest absolute Gasteiger partial charge is 0.497 e. The highest BCUT2D eigenvalue weighted by molar-refractivity contribution is 5.29. The summed E-state index contributed by atoms with van der Waals surface area (Å²) in [6.07, 6.45) is 1.95. The van der Waals surface area contributed by atoms with Crippen molar-refractivity contribution in [2.45, 2.75) is 38.8 Å².